The fourth-order valence-corrected chi connectivity index (χ4v) is 1.45. The van der Waals surface area contributed by atoms with Crippen molar-refractivity contribution in [3.8, 4) is 5.75 Å². The van der Waals surface area contributed by atoms with Gasteiger partial charge in [-0.2, -0.15) is 0 Å². The lowest BCUT2D eigenvalue weighted by Crippen LogP contribution is -1.93. The first kappa shape index (κ1) is 9.85. The van der Waals surface area contributed by atoms with Crippen LogP contribution in [-0.4, -0.2) is 5.11 Å². The minimum atomic E-state index is 0.322. The van der Waals surface area contributed by atoms with E-state index in [-0.39, 0.29) is 0 Å². The van der Waals surface area contributed by atoms with E-state index in [1.165, 1.54) is 5.56 Å². The number of rotatable bonds is 4. The predicted molar refractivity (Wildman–Crippen MR) is 56.0 cm³/mol. The maximum absolute atomic E-state index is 9.12. The van der Waals surface area contributed by atoms with Crippen molar-refractivity contribution >= 4 is 0 Å². The number of phenolic OH excluding ortho intramolecular Hbond substituents is 1. The minimum Gasteiger partial charge on any atom is -0.508 e. The summed E-state index contributed by atoms with van der Waals surface area (Å²) < 4.78 is 0. The highest BCUT2D eigenvalue weighted by Crippen LogP contribution is 2.23. The molecule has 1 aromatic rings. The Balaban J connectivity index is 2.79. The molecule has 70 valence electrons. The second-order valence-electron chi connectivity index (χ2n) is 3.22. The smallest absolute Gasteiger partial charge is 0.115 e. The van der Waals surface area contributed by atoms with Gasteiger partial charge >= 0.3 is 0 Å². The van der Waals surface area contributed by atoms with E-state index in [1.54, 1.807) is 12.1 Å². The summed E-state index contributed by atoms with van der Waals surface area (Å²) in [5, 5.41) is 9.12. The van der Waals surface area contributed by atoms with Crippen LogP contribution < -0.4 is 0 Å². The first-order valence-electron chi connectivity index (χ1n) is 4.69. The van der Waals surface area contributed by atoms with Gasteiger partial charge in [-0.1, -0.05) is 31.6 Å². The number of allylic oxidation sites excluding steroid dienone is 1. The van der Waals surface area contributed by atoms with Gasteiger partial charge in [-0.25, -0.2) is 0 Å². The second-order valence-corrected chi connectivity index (χ2v) is 3.22. The van der Waals surface area contributed by atoms with E-state index in [4.69, 9.17) is 5.11 Å². The zero-order valence-corrected chi connectivity index (χ0v) is 8.03. The van der Waals surface area contributed by atoms with Crippen LogP contribution in [0.1, 0.15) is 31.2 Å². The number of aromatic hydroxyl groups is 1. The van der Waals surface area contributed by atoms with Crippen LogP contribution in [0.3, 0.4) is 0 Å². The van der Waals surface area contributed by atoms with Crippen LogP contribution in [0.5, 0.6) is 5.75 Å². The van der Waals surface area contributed by atoms with Gasteiger partial charge in [0.25, 0.3) is 0 Å². The first-order chi connectivity index (χ1) is 6.27. The molecule has 1 unspecified atom stereocenters. The molecule has 1 nitrogen and oxygen atoms in total. The Kier molecular flexibility index (Phi) is 3.56. The van der Waals surface area contributed by atoms with Crippen molar-refractivity contribution in [1.29, 1.82) is 0 Å². The topological polar surface area (TPSA) is 20.2 Å². The lowest BCUT2D eigenvalue weighted by Gasteiger charge is -2.11. The Labute approximate surface area is 79.7 Å². The quantitative estimate of drug-likeness (QED) is 0.696. The van der Waals surface area contributed by atoms with Crippen molar-refractivity contribution in [3.63, 3.8) is 0 Å². The zero-order valence-electron chi connectivity index (χ0n) is 8.03. The monoisotopic (exact) mass is 176 g/mol. The SMILES string of the molecule is C=CC(CCC)c1ccc(O)cc1. The molecule has 1 atom stereocenters. The van der Waals surface area contributed by atoms with Crippen LogP contribution >= 0.6 is 0 Å². The maximum atomic E-state index is 9.12. The molecule has 1 aromatic carbocycles. The Morgan fingerprint density at radius 3 is 2.46 bits per heavy atom. The molecule has 0 aliphatic carbocycles. The highest BCUT2D eigenvalue weighted by Gasteiger charge is 2.05. The molecular weight excluding hydrogens is 160 g/mol. The van der Waals surface area contributed by atoms with Crippen molar-refractivity contribution in [2.45, 2.75) is 25.7 Å². The standard InChI is InChI=1S/C12H16O/c1-3-5-10(4-2)11-6-8-12(13)9-7-11/h4,6-10,13H,2-3,5H2,1H3. The molecule has 1 heteroatoms. The molecule has 0 aliphatic heterocycles. The summed E-state index contributed by atoms with van der Waals surface area (Å²) >= 11 is 0. The molecule has 0 saturated heterocycles. The third-order valence-electron chi connectivity index (χ3n) is 2.21. The van der Waals surface area contributed by atoms with E-state index in [0.717, 1.165) is 12.8 Å². The van der Waals surface area contributed by atoms with E-state index < -0.39 is 0 Å². The van der Waals surface area contributed by atoms with E-state index in [0.29, 0.717) is 11.7 Å². The molecular formula is C12H16O. The molecule has 0 fully saturated rings. The molecule has 1 rings (SSSR count). The normalized spacial score (nSPS) is 12.4. The van der Waals surface area contributed by atoms with Gasteiger partial charge in [0.1, 0.15) is 5.75 Å². The van der Waals surface area contributed by atoms with Gasteiger partial charge in [-0.15, -0.1) is 6.58 Å². The Bertz CT molecular complexity index is 261. The van der Waals surface area contributed by atoms with Gasteiger partial charge in [-0.05, 0) is 24.1 Å². The molecule has 0 aliphatic rings. The summed E-state index contributed by atoms with van der Waals surface area (Å²) in [6.07, 6.45) is 4.24. The summed E-state index contributed by atoms with van der Waals surface area (Å²) in [4.78, 5) is 0. The summed E-state index contributed by atoms with van der Waals surface area (Å²) in [6, 6.07) is 7.36. The van der Waals surface area contributed by atoms with Crippen LogP contribution in [0.25, 0.3) is 0 Å². The molecule has 0 spiro atoms. The zero-order chi connectivity index (χ0) is 9.68. The molecule has 0 radical (unpaired) electrons. The Morgan fingerprint density at radius 2 is 2.00 bits per heavy atom. The van der Waals surface area contributed by atoms with Gasteiger partial charge < -0.3 is 5.11 Å². The Hall–Kier alpha value is -1.24. The summed E-state index contributed by atoms with van der Waals surface area (Å²) in [7, 11) is 0. The van der Waals surface area contributed by atoms with Crippen LogP contribution in [0.2, 0.25) is 0 Å². The van der Waals surface area contributed by atoms with Gasteiger partial charge in [0, 0.05) is 5.92 Å². The molecule has 0 amide bonds. The van der Waals surface area contributed by atoms with Gasteiger partial charge in [-0.3, -0.25) is 0 Å². The number of benzene rings is 1. The van der Waals surface area contributed by atoms with E-state index in [9.17, 15) is 0 Å². The molecule has 13 heavy (non-hydrogen) atoms. The van der Waals surface area contributed by atoms with Crippen LogP contribution in [0, 0.1) is 0 Å². The van der Waals surface area contributed by atoms with Crippen LogP contribution in [0.4, 0.5) is 0 Å². The first-order valence-corrected chi connectivity index (χ1v) is 4.69. The fraction of sp³-hybridized carbons (Fsp3) is 0.333. The van der Waals surface area contributed by atoms with E-state index in [1.807, 2.05) is 18.2 Å². The number of hydrogen-bond donors (Lipinski definition) is 1. The molecule has 0 saturated carbocycles. The van der Waals surface area contributed by atoms with E-state index in [2.05, 4.69) is 13.5 Å². The molecule has 0 heterocycles. The Morgan fingerprint density at radius 1 is 1.38 bits per heavy atom. The molecule has 0 bridgehead atoms. The lowest BCUT2D eigenvalue weighted by molar-refractivity contribution is 0.475. The average Bonchev–Trinajstić information content (AvgIpc) is 2.16. The maximum Gasteiger partial charge on any atom is 0.115 e. The average molecular weight is 176 g/mol. The van der Waals surface area contributed by atoms with Gasteiger partial charge in [0.05, 0.1) is 0 Å². The summed E-state index contributed by atoms with van der Waals surface area (Å²) in [5.41, 5.74) is 1.23. The van der Waals surface area contributed by atoms with Crippen LogP contribution in [0.15, 0.2) is 36.9 Å². The highest BCUT2D eigenvalue weighted by molar-refractivity contribution is 5.30. The van der Waals surface area contributed by atoms with Crippen molar-refractivity contribution in [2.75, 3.05) is 0 Å². The van der Waals surface area contributed by atoms with Gasteiger partial charge in [0.15, 0.2) is 0 Å². The predicted octanol–water partition coefficient (Wildman–Crippen LogP) is 3.46. The van der Waals surface area contributed by atoms with Crippen molar-refractivity contribution < 1.29 is 5.11 Å². The number of phenols is 1. The van der Waals surface area contributed by atoms with Crippen LogP contribution in [-0.2, 0) is 0 Å². The second kappa shape index (κ2) is 4.70. The third-order valence-corrected chi connectivity index (χ3v) is 2.21. The molecule has 0 aromatic heterocycles. The van der Waals surface area contributed by atoms with Gasteiger partial charge in [0.2, 0.25) is 0 Å². The number of hydrogen-bond acceptors (Lipinski definition) is 1. The minimum absolute atomic E-state index is 0.322. The summed E-state index contributed by atoms with van der Waals surface area (Å²) in [5.74, 6) is 0.744. The van der Waals surface area contributed by atoms with Crippen molar-refractivity contribution in [3.05, 3.63) is 42.5 Å². The summed E-state index contributed by atoms with van der Waals surface area (Å²) in [6.45, 7) is 5.98. The lowest BCUT2D eigenvalue weighted by atomic mass is 9.95. The van der Waals surface area contributed by atoms with Crippen molar-refractivity contribution in [1.82, 2.24) is 0 Å². The molecule has 1 N–H and O–H groups in total. The highest BCUT2D eigenvalue weighted by atomic mass is 16.3. The van der Waals surface area contributed by atoms with Crippen molar-refractivity contribution in [2.24, 2.45) is 0 Å². The fourth-order valence-electron chi connectivity index (χ4n) is 1.45. The largest absolute Gasteiger partial charge is 0.508 e. The van der Waals surface area contributed by atoms with E-state index >= 15 is 0 Å². The third kappa shape index (κ3) is 2.62.